The molecule has 0 spiro atoms. The molecule has 2 amide bonds. The minimum absolute atomic E-state index is 0.229. The first-order valence-electron chi connectivity index (χ1n) is 8.37. The number of carbonyl (C=O) groups is 3. The summed E-state index contributed by atoms with van der Waals surface area (Å²) in [5, 5.41) is 11.8. The van der Waals surface area contributed by atoms with E-state index in [1.807, 2.05) is 0 Å². The van der Waals surface area contributed by atoms with Crippen LogP contribution < -0.4 is 5.32 Å². The molecule has 0 aliphatic carbocycles. The number of aliphatic carboxylic acids is 1. The van der Waals surface area contributed by atoms with E-state index in [4.69, 9.17) is 0 Å². The van der Waals surface area contributed by atoms with Gasteiger partial charge in [0.1, 0.15) is 11.9 Å². The van der Waals surface area contributed by atoms with Gasteiger partial charge in [-0.2, -0.15) is 0 Å². The lowest BCUT2D eigenvalue weighted by Crippen LogP contribution is -2.50. The topological polar surface area (TPSA) is 86.7 Å². The average molecular weight is 350 g/mol. The molecule has 7 heteroatoms. The zero-order valence-corrected chi connectivity index (χ0v) is 14.4. The van der Waals surface area contributed by atoms with Gasteiger partial charge in [0.25, 0.3) is 5.91 Å². The molecule has 2 atom stereocenters. The van der Waals surface area contributed by atoms with Gasteiger partial charge in [0, 0.05) is 18.7 Å². The van der Waals surface area contributed by atoms with E-state index in [9.17, 15) is 23.9 Å². The maximum atomic E-state index is 13.0. The number of amides is 2. The van der Waals surface area contributed by atoms with Gasteiger partial charge < -0.3 is 15.3 Å². The fourth-order valence-electron chi connectivity index (χ4n) is 2.94. The maximum Gasteiger partial charge on any atom is 0.326 e. The van der Waals surface area contributed by atoms with Crippen molar-refractivity contribution >= 4 is 17.8 Å². The van der Waals surface area contributed by atoms with Gasteiger partial charge in [0.2, 0.25) is 5.91 Å². The van der Waals surface area contributed by atoms with Crippen LogP contribution in [0.5, 0.6) is 0 Å². The van der Waals surface area contributed by atoms with E-state index in [0.717, 1.165) is 0 Å². The van der Waals surface area contributed by atoms with Crippen molar-refractivity contribution in [2.24, 2.45) is 11.8 Å². The molecule has 1 aliphatic rings. The van der Waals surface area contributed by atoms with Gasteiger partial charge in [-0.3, -0.25) is 9.59 Å². The molecule has 2 rings (SSSR count). The van der Waals surface area contributed by atoms with Crippen LogP contribution in [0.1, 0.15) is 37.0 Å². The first-order valence-corrected chi connectivity index (χ1v) is 8.37. The minimum atomic E-state index is -1.07. The second-order valence-corrected chi connectivity index (χ2v) is 6.67. The fourth-order valence-corrected chi connectivity index (χ4v) is 2.94. The van der Waals surface area contributed by atoms with Crippen LogP contribution in [0, 0.1) is 17.7 Å². The highest BCUT2D eigenvalue weighted by Crippen LogP contribution is 2.20. The van der Waals surface area contributed by atoms with E-state index in [0.29, 0.717) is 24.9 Å². The van der Waals surface area contributed by atoms with E-state index in [1.54, 1.807) is 18.7 Å². The van der Waals surface area contributed by atoms with Crippen LogP contribution in [0.15, 0.2) is 24.3 Å². The number of hydrogen-bond donors (Lipinski definition) is 2. The van der Waals surface area contributed by atoms with Crippen molar-refractivity contribution in [2.75, 3.05) is 13.1 Å². The molecule has 1 aliphatic heterocycles. The zero-order valence-electron chi connectivity index (χ0n) is 14.4. The Bertz CT molecular complexity index is 645. The minimum Gasteiger partial charge on any atom is -0.480 e. The molecule has 0 bridgehead atoms. The number of hydrogen-bond acceptors (Lipinski definition) is 3. The number of carbonyl (C=O) groups excluding carboxylic acids is 2. The highest BCUT2D eigenvalue weighted by atomic mass is 19.1. The van der Waals surface area contributed by atoms with Crippen molar-refractivity contribution in [3.05, 3.63) is 35.6 Å². The van der Waals surface area contributed by atoms with Gasteiger partial charge in [-0.25, -0.2) is 9.18 Å². The summed E-state index contributed by atoms with van der Waals surface area (Å²) in [6, 6.07) is 4.33. The zero-order chi connectivity index (χ0) is 18.6. The highest BCUT2D eigenvalue weighted by Gasteiger charge is 2.32. The van der Waals surface area contributed by atoms with Crippen LogP contribution in [0.2, 0.25) is 0 Å². The first kappa shape index (κ1) is 18.9. The molecule has 0 radical (unpaired) electrons. The van der Waals surface area contributed by atoms with Gasteiger partial charge in [-0.05, 0) is 43.0 Å². The molecular weight excluding hydrogens is 327 g/mol. The number of piperidine rings is 1. The molecule has 1 unspecified atom stereocenters. The quantitative estimate of drug-likeness (QED) is 0.849. The third-order valence-electron chi connectivity index (χ3n) is 4.40. The van der Waals surface area contributed by atoms with Crippen LogP contribution >= 0.6 is 0 Å². The standard InChI is InChI=1S/C18H23FN2O4/c1-11(2)15(18(24)25)20-16(22)13-4-3-9-21(10-13)17(23)12-5-7-14(19)8-6-12/h5-8,11,13,15H,3-4,9-10H2,1-2H3,(H,20,22)(H,24,25)/t13?,15-/m1/s1. The number of carboxylic acid groups (broad SMARTS) is 1. The lowest BCUT2D eigenvalue weighted by atomic mass is 9.95. The SMILES string of the molecule is CC(C)[C@@H](NC(=O)C1CCCN(C(=O)c2ccc(F)cc2)C1)C(=O)O. The Morgan fingerprint density at radius 1 is 1.24 bits per heavy atom. The van der Waals surface area contributed by atoms with Gasteiger partial charge in [-0.1, -0.05) is 13.8 Å². The molecular formula is C18H23FN2O4. The Kier molecular flexibility index (Phi) is 6.12. The van der Waals surface area contributed by atoms with E-state index in [1.165, 1.54) is 24.3 Å². The third kappa shape index (κ3) is 4.78. The molecule has 136 valence electrons. The number of nitrogens with one attached hydrogen (secondary N) is 1. The molecule has 1 fully saturated rings. The Labute approximate surface area is 146 Å². The van der Waals surface area contributed by atoms with Crippen molar-refractivity contribution in [1.82, 2.24) is 10.2 Å². The lowest BCUT2D eigenvalue weighted by Gasteiger charge is -2.33. The Hall–Kier alpha value is -2.44. The van der Waals surface area contributed by atoms with Gasteiger partial charge in [-0.15, -0.1) is 0 Å². The molecule has 2 N–H and O–H groups in total. The normalized spacial score (nSPS) is 18.7. The summed E-state index contributed by atoms with van der Waals surface area (Å²) < 4.78 is 13.0. The average Bonchev–Trinajstić information content (AvgIpc) is 2.59. The number of nitrogens with zero attached hydrogens (tertiary/aromatic N) is 1. The third-order valence-corrected chi connectivity index (χ3v) is 4.40. The number of carboxylic acids is 1. The summed E-state index contributed by atoms with van der Waals surface area (Å²) in [5.74, 6) is -2.77. The predicted octanol–water partition coefficient (Wildman–Crippen LogP) is 1.90. The summed E-state index contributed by atoms with van der Waals surface area (Å²) in [5.41, 5.74) is 0.369. The molecule has 6 nitrogen and oxygen atoms in total. The second-order valence-electron chi connectivity index (χ2n) is 6.67. The summed E-state index contributed by atoms with van der Waals surface area (Å²) in [4.78, 5) is 37.7. The molecule has 1 aromatic carbocycles. The first-order chi connectivity index (χ1) is 11.8. The molecule has 25 heavy (non-hydrogen) atoms. The molecule has 1 saturated heterocycles. The Balaban J connectivity index is 2.02. The van der Waals surface area contributed by atoms with E-state index < -0.39 is 23.7 Å². The molecule has 0 aromatic heterocycles. The van der Waals surface area contributed by atoms with Crippen LogP contribution in [0.3, 0.4) is 0 Å². The number of benzene rings is 1. The van der Waals surface area contributed by atoms with E-state index in [2.05, 4.69) is 5.32 Å². The maximum absolute atomic E-state index is 13.0. The summed E-state index contributed by atoms with van der Waals surface area (Å²) in [7, 11) is 0. The van der Waals surface area contributed by atoms with Crippen molar-refractivity contribution < 1.29 is 23.9 Å². The second kappa shape index (κ2) is 8.09. The Morgan fingerprint density at radius 2 is 1.88 bits per heavy atom. The lowest BCUT2D eigenvalue weighted by molar-refractivity contribution is -0.144. The smallest absolute Gasteiger partial charge is 0.326 e. The van der Waals surface area contributed by atoms with Crippen LogP contribution in [0.25, 0.3) is 0 Å². The molecule has 1 aromatic rings. The summed E-state index contributed by atoms with van der Waals surface area (Å²) in [6.07, 6.45) is 1.26. The van der Waals surface area contributed by atoms with Crippen molar-refractivity contribution in [3.8, 4) is 0 Å². The number of rotatable bonds is 5. The largest absolute Gasteiger partial charge is 0.480 e. The van der Waals surface area contributed by atoms with Crippen LogP contribution in [0.4, 0.5) is 4.39 Å². The predicted molar refractivity (Wildman–Crippen MR) is 89.4 cm³/mol. The summed E-state index contributed by atoms with van der Waals surface area (Å²) >= 11 is 0. The van der Waals surface area contributed by atoms with E-state index in [-0.39, 0.29) is 24.3 Å². The van der Waals surface area contributed by atoms with Gasteiger partial charge in [0.05, 0.1) is 5.92 Å². The molecule has 0 saturated carbocycles. The highest BCUT2D eigenvalue weighted by molar-refractivity contribution is 5.94. The number of halogens is 1. The monoisotopic (exact) mass is 350 g/mol. The number of likely N-dealkylation sites (tertiary alicyclic amines) is 1. The van der Waals surface area contributed by atoms with Gasteiger partial charge in [0.15, 0.2) is 0 Å². The summed E-state index contributed by atoms with van der Waals surface area (Å²) in [6.45, 7) is 4.20. The molecule has 1 heterocycles. The van der Waals surface area contributed by atoms with Crippen LogP contribution in [-0.2, 0) is 9.59 Å². The van der Waals surface area contributed by atoms with Crippen molar-refractivity contribution in [2.45, 2.75) is 32.7 Å². The Morgan fingerprint density at radius 3 is 2.44 bits per heavy atom. The van der Waals surface area contributed by atoms with Crippen molar-refractivity contribution in [1.29, 1.82) is 0 Å². The van der Waals surface area contributed by atoms with Crippen molar-refractivity contribution in [3.63, 3.8) is 0 Å². The van der Waals surface area contributed by atoms with Gasteiger partial charge >= 0.3 is 5.97 Å². The van der Waals surface area contributed by atoms with Crippen LogP contribution in [-0.4, -0.2) is 46.9 Å². The fraction of sp³-hybridized carbons (Fsp3) is 0.500. The van der Waals surface area contributed by atoms with E-state index >= 15 is 0 Å².